The van der Waals surface area contributed by atoms with E-state index in [-0.39, 0.29) is 5.69 Å². The number of carbonyl (C=O) groups is 1. The second kappa shape index (κ2) is 9.53. The van der Waals surface area contributed by atoms with E-state index >= 15 is 0 Å². The van der Waals surface area contributed by atoms with Gasteiger partial charge in [0.1, 0.15) is 5.69 Å². The molecule has 1 saturated heterocycles. The van der Waals surface area contributed by atoms with Crippen LogP contribution in [-0.4, -0.2) is 51.9 Å². The summed E-state index contributed by atoms with van der Waals surface area (Å²) in [5.41, 5.74) is 12.3. The molecule has 0 saturated carbocycles. The number of nitrogens with zero attached hydrogens (tertiary/aromatic N) is 5. The standard InChI is InChI=1S/C28H26N6O/c1-19-23-15-24(21-5-3-2-4-6-21)27(32-25(23)16-26(31-19)28(30)35)22-9-7-20(8-10-22)17-33-11-13-34(18-29)14-12-33/h2-10,15-16H,11-14,17H2,1H3,(H2,30,35). The SMILES string of the molecule is Cc1nc(C(N)=O)cc2nc(-c3ccc(CN4CCN(C#N)CC4)cc3)c(-c3ccccc3)cc12. The van der Waals surface area contributed by atoms with Crippen molar-refractivity contribution in [3.05, 3.63) is 83.7 Å². The van der Waals surface area contributed by atoms with Crippen molar-refractivity contribution >= 4 is 16.8 Å². The average molecular weight is 463 g/mol. The predicted octanol–water partition coefficient (Wildman–Crippen LogP) is 3.97. The topological polar surface area (TPSA) is 99.1 Å². The third kappa shape index (κ3) is 4.70. The molecule has 3 heterocycles. The number of pyridine rings is 2. The molecule has 2 N–H and O–H groups in total. The first-order valence-corrected chi connectivity index (χ1v) is 11.7. The normalized spacial score (nSPS) is 14.1. The highest BCUT2D eigenvalue weighted by molar-refractivity contribution is 5.98. The van der Waals surface area contributed by atoms with Crippen LogP contribution in [0.3, 0.4) is 0 Å². The number of carbonyl (C=O) groups excluding carboxylic acids is 1. The first-order chi connectivity index (χ1) is 17.0. The van der Waals surface area contributed by atoms with Crippen LogP contribution in [0.2, 0.25) is 0 Å². The summed E-state index contributed by atoms with van der Waals surface area (Å²) in [4.78, 5) is 25.3. The number of aryl methyl sites for hydroxylation is 1. The van der Waals surface area contributed by atoms with E-state index in [1.54, 1.807) is 11.0 Å². The van der Waals surface area contributed by atoms with Gasteiger partial charge in [-0.2, -0.15) is 5.26 Å². The van der Waals surface area contributed by atoms with Gasteiger partial charge in [0.05, 0.1) is 11.2 Å². The van der Waals surface area contributed by atoms with E-state index in [9.17, 15) is 4.79 Å². The summed E-state index contributed by atoms with van der Waals surface area (Å²) in [6, 6.07) is 22.4. The minimum atomic E-state index is -0.564. The number of nitrogens with two attached hydrogens (primary N) is 1. The molecule has 0 atom stereocenters. The molecule has 1 aliphatic rings. The quantitative estimate of drug-likeness (QED) is 0.451. The Morgan fingerprint density at radius 1 is 0.971 bits per heavy atom. The van der Waals surface area contributed by atoms with Crippen molar-refractivity contribution in [2.24, 2.45) is 5.73 Å². The van der Waals surface area contributed by atoms with Gasteiger partial charge in [0.15, 0.2) is 6.19 Å². The molecule has 2 aromatic heterocycles. The molecule has 174 valence electrons. The molecule has 4 aromatic rings. The lowest BCUT2D eigenvalue weighted by Gasteiger charge is -2.31. The first-order valence-electron chi connectivity index (χ1n) is 11.7. The Hall–Kier alpha value is -4.28. The number of fused-ring (bicyclic) bond motifs is 1. The Balaban J connectivity index is 1.53. The summed E-state index contributed by atoms with van der Waals surface area (Å²) >= 11 is 0. The molecule has 0 aliphatic carbocycles. The summed E-state index contributed by atoms with van der Waals surface area (Å²) in [6.07, 6.45) is 2.23. The zero-order valence-corrected chi connectivity index (χ0v) is 19.6. The number of amides is 1. The van der Waals surface area contributed by atoms with Crippen LogP contribution in [0.1, 0.15) is 21.7 Å². The number of aromatic nitrogens is 2. The van der Waals surface area contributed by atoms with Gasteiger partial charge in [0.25, 0.3) is 5.91 Å². The van der Waals surface area contributed by atoms with Crippen LogP contribution in [0.4, 0.5) is 0 Å². The number of hydrogen-bond acceptors (Lipinski definition) is 6. The Morgan fingerprint density at radius 3 is 2.34 bits per heavy atom. The molecule has 5 rings (SSSR count). The molecule has 7 heteroatoms. The van der Waals surface area contributed by atoms with Crippen molar-refractivity contribution in [2.75, 3.05) is 26.2 Å². The van der Waals surface area contributed by atoms with Crippen molar-refractivity contribution in [1.82, 2.24) is 19.8 Å². The van der Waals surface area contributed by atoms with E-state index in [4.69, 9.17) is 16.0 Å². The van der Waals surface area contributed by atoms with Crippen LogP contribution in [0.15, 0.2) is 66.7 Å². The van der Waals surface area contributed by atoms with Gasteiger partial charge in [0.2, 0.25) is 0 Å². The van der Waals surface area contributed by atoms with Crippen LogP contribution in [-0.2, 0) is 6.54 Å². The molecule has 2 aromatic carbocycles. The van der Waals surface area contributed by atoms with Crippen LogP contribution in [0.5, 0.6) is 0 Å². The summed E-state index contributed by atoms with van der Waals surface area (Å²) in [5.74, 6) is -0.564. The molecular formula is C28H26N6O. The van der Waals surface area contributed by atoms with Crippen molar-refractivity contribution in [1.29, 1.82) is 5.26 Å². The molecule has 1 aliphatic heterocycles. The van der Waals surface area contributed by atoms with Crippen molar-refractivity contribution < 1.29 is 4.79 Å². The van der Waals surface area contributed by atoms with Gasteiger partial charge in [-0.1, -0.05) is 54.6 Å². The maximum absolute atomic E-state index is 11.8. The monoisotopic (exact) mass is 462 g/mol. The van der Waals surface area contributed by atoms with Crippen LogP contribution < -0.4 is 5.73 Å². The van der Waals surface area contributed by atoms with E-state index in [0.717, 1.165) is 66.2 Å². The van der Waals surface area contributed by atoms with E-state index in [1.165, 1.54) is 5.56 Å². The van der Waals surface area contributed by atoms with Crippen LogP contribution in [0, 0.1) is 18.4 Å². The number of hydrogen-bond donors (Lipinski definition) is 1. The van der Waals surface area contributed by atoms with E-state index < -0.39 is 5.91 Å². The maximum atomic E-state index is 11.8. The fraction of sp³-hybridized carbons (Fsp3) is 0.214. The molecule has 7 nitrogen and oxygen atoms in total. The number of piperazine rings is 1. The van der Waals surface area contributed by atoms with Crippen molar-refractivity contribution in [3.63, 3.8) is 0 Å². The van der Waals surface area contributed by atoms with E-state index in [0.29, 0.717) is 5.52 Å². The summed E-state index contributed by atoms with van der Waals surface area (Å²) in [5, 5.41) is 9.95. The lowest BCUT2D eigenvalue weighted by Crippen LogP contribution is -2.43. The molecule has 0 spiro atoms. The number of rotatable bonds is 5. The number of primary amides is 1. The first kappa shape index (κ1) is 22.5. The van der Waals surface area contributed by atoms with Gasteiger partial charge in [-0.05, 0) is 30.2 Å². The van der Waals surface area contributed by atoms with Gasteiger partial charge in [-0.25, -0.2) is 9.97 Å². The van der Waals surface area contributed by atoms with Gasteiger partial charge in [-0.15, -0.1) is 0 Å². The maximum Gasteiger partial charge on any atom is 0.267 e. The molecule has 0 radical (unpaired) electrons. The van der Waals surface area contributed by atoms with Gasteiger partial charge in [-0.3, -0.25) is 9.69 Å². The average Bonchev–Trinajstić information content (AvgIpc) is 2.89. The van der Waals surface area contributed by atoms with E-state index in [2.05, 4.69) is 58.5 Å². The molecule has 0 unspecified atom stereocenters. The highest BCUT2D eigenvalue weighted by Crippen LogP contribution is 2.34. The van der Waals surface area contributed by atoms with Gasteiger partial charge < -0.3 is 10.6 Å². The lowest BCUT2D eigenvalue weighted by atomic mass is 9.96. The molecule has 35 heavy (non-hydrogen) atoms. The Bertz CT molecular complexity index is 1420. The third-order valence-electron chi connectivity index (χ3n) is 6.49. The Morgan fingerprint density at radius 2 is 1.69 bits per heavy atom. The zero-order chi connectivity index (χ0) is 24.4. The fourth-order valence-electron chi connectivity index (χ4n) is 4.55. The minimum absolute atomic E-state index is 0.216. The number of nitriles is 1. The predicted molar refractivity (Wildman–Crippen MR) is 136 cm³/mol. The van der Waals surface area contributed by atoms with Gasteiger partial charge >= 0.3 is 0 Å². The highest BCUT2D eigenvalue weighted by Gasteiger charge is 2.17. The smallest absolute Gasteiger partial charge is 0.267 e. The zero-order valence-electron chi connectivity index (χ0n) is 19.6. The van der Waals surface area contributed by atoms with Crippen molar-refractivity contribution in [3.8, 4) is 28.6 Å². The van der Waals surface area contributed by atoms with Gasteiger partial charge in [0, 0.05) is 54.9 Å². The van der Waals surface area contributed by atoms with E-state index in [1.807, 2.05) is 25.1 Å². The summed E-state index contributed by atoms with van der Waals surface area (Å²) < 4.78 is 0. The number of benzene rings is 2. The molecular weight excluding hydrogens is 436 g/mol. The third-order valence-corrected chi connectivity index (χ3v) is 6.49. The largest absolute Gasteiger partial charge is 0.364 e. The molecule has 1 amide bonds. The Labute approximate surface area is 204 Å². The molecule has 0 bridgehead atoms. The lowest BCUT2D eigenvalue weighted by molar-refractivity contribution is 0.0995. The minimum Gasteiger partial charge on any atom is -0.364 e. The second-order valence-corrected chi connectivity index (χ2v) is 8.83. The summed E-state index contributed by atoms with van der Waals surface area (Å²) in [7, 11) is 0. The summed E-state index contributed by atoms with van der Waals surface area (Å²) in [6.45, 7) is 6.04. The van der Waals surface area contributed by atoms with Crippen LogP contribution >= 0.6 is 0 Å². The highest BCUT2D eigenvalue weighted by atomic mass is 16.1. The molecule has 1 fully saturated rings. The second-order valence-electron chi connectivity index (χ2n) is 8.83. The Kier molecular flexibility index (Phi) is 6.13. The fourth-order valence-corrected chi connectivity index (χ4v) is 4.55. The van der Waals surface area contributed by atoms with Crippen LogP contribution in [0.25, 0.3) is 33.3 Å². The van der Waals surface area contributed by atoms with Crippen molar-refractivity contribution in [2.45, 2.75) is 13.5 Å².